The lowest BCUT2D eigenvalue weighted by Crippen LogP contribution is -2.04. The molecule has 0 unspecified atom stereocenters. The zero-order valence-electron chi connectivity index (χ0n) is 32.5. The van der Waals surface area contributed by atoms with Crippen LogP contribution in [0.4, 0.5) is 0 Å². The van der Waals surface area contributed by atoms with E-state index in [0.29, 0.717) is 11.9 Å². The highest BCUT2D eigenvalue weighted by molar-refractivity contribution is 7.26. The Labute approximate surface area is 343 Å². The van der Waals surface area contributed by atoms with Crippen LogP contribution in [0, 0.1) is 0 Å². The van der Waals surface area contributed by atoms with E-state index in [4.69, 9.17) is 9.97 Å². The molecule has 4 heteroatoms. The monoisotopic (exact) mass is 769 g/mol. The van der Waals surface area contributed by atoms with Crippen molar-refractivity contribution in [3.8, 4) is 17.2 Å². The number of hydrogen-bond acceptors (Lipinski definition) is 3. The van der Waals surface area contributed by atoms with Crippen LogP contribution in [-0.4, -0.2) is 14.5 Å². The van der Waals surface area contributed by atoms with Gasteiger partial charge >= 0.3 is 0 Å². The molecule has 3 heterocycles. The smallest absolute Gasteiger partial charge is 0.235 e. The van der Waals surface area contributed by atoms with Crippen molar-refractivity contribution in [1.29, 1.82) is 0 Å². The van der Waals surface area contributed by atoms with Gasteiger partial charge in [0.05, 0.1) is 26.9 Å². The van der Waals surface area contributed by atoms with Crippen molar-refractivity contribution in [3.63, 3.8) is 0 Å². The van der Waals surface area contributed by atoms with Gasteiger partial charge in [-0.05, 0) is 66.7 Å². The van der Waals surface area contributed by atoms with E-state index in [2.05, 4.69) is 188 Å². The highest BCUT2D eigenvalue weighted by Crippen LogP contribution is 2.50. The van der Waals surface area contributed by atoms with Crippen LogP contribution in [0.15, 0.2) is 170 Å². The largest absolute Gasteiger partial charge is 0.276 e. The number of rotatable bonds is 3. The summed E-state index contributed by atoms with van der Waals surface area (Å²) in [4.78, 5) is 11.4. The maximum atomic E-state index is 5.79. The van der Waals surface area contributed by atoms with Crippen LogP contribution in [-0.2, 0) is 0 Å². The first kappa shape index (κ1) is 32.9. The van der Waals surface area contributed by atoms with Crippen molar-refractivity contribution in [2.45, 2.75) is 19.8 Å². The molecular weight excluding hydrogens is 735 g/mol. The van der Waals surface area contributed by atoms with Crippen molar-refractivity contribution in [1.82, 2.24) is 14.5 Å². The summed E-state index contributed by atoms with van der Waals surface area (Å²) in [6.45, 7) is 4.50. The van der Waals surface area contributed by atoms with Gasteiger partial charge in [0.15, 0.2) is 0 Å². The summed E-state index contributed by atoms with van der Waals surface area (Å²) in [5.41, 5.74) is 6.55. The number of aromatic nitrogens is 3. The molecule has 0 fully saturated rings. The maximum Gasteiger partial charge on any atom is 0.235 e. The van der Waals surface area contributed by atoms with Crippen molar-refractivity contribution < 1.29 is 0 Å². The third-order valence-corrected chi connectivity index (χ3v) is 13.9. The Kier molecular flexibility index (Phi) is 6.79. The first-order valence-electron chi connectivity index (χ1n) is 20.4. The maximum absolute atomic E-state index is 5.79. The molecule has 0 atom stereocenters. The SMILES string of the molecule is CC(C)c1ccc(-c2nc(-n3c4c(ccc5c6ccccc6sc54)c4c5ccccc5c5c6ccccc6c6ccccc6c5c43)nc3ccc4ccccc4c23)cc1. The number of thiophene rings is 1. The Bertz CT molecular complexity index is 3930. The van der Waals surface area contributed by atoms with E-state index in [1.807, 2.05) is 11.3 Å². The zero-order chi connectivity index (χ0) is 38.9. The highest BCUT2D eigenvalue weighted by Gasteiger charge is 2.26. The normalized spacial score (nSPS) is 12.4. The predicted molar refractivity (Wildman–Crippen MR) is 254 cm³/mol. The second-order valence-electron chi connectivity index (χ2n) is 16.2. The van der Waals surface area contributed by atoms with E-state index in [-0.39, 0.29) is 0 Å². The summed E-state index contributed by atoms with van der Waals surface area (Å²) in [6.07, 6.45) is 0. The van der Waals surface area contributed by atoms with Crippen LogP contribution in [0.2, 0.25) is 0 Å². The van der Waals surface area contributed by atoms with E-state index in [1.165, 1.54) is 85.0 Å². The summed E-state index contributed by atoms with van der Waals surface area (Å²) in [7, 11) is 0. The lowest BCUT2D eigenvalue weighted by Gasteiger charge is -2.17. The van der Waals surface area contributed by atoms with Gasteiger partial charge < -0.3 is 0 Å². The van der Waals surface area contributed by atoms with Gasteiger partial charge in [0.2, 0.25) is 5.95 Å². The molecule has 0 spiro atoms. The van der Waals surface area contributed by atoms with Crippen molar-refractivity contribution in [2.75, 3.05) is 0 Å². The van der Waals surface area contributed by atoms with Gasteiger partial charge in [-0.1, -0.05) is 172 Å². The van der Waals surface area contributed by atoms with Gasteiger partial charge in [-0.15, -0.1) is 11.3 Å². The fourth-order valence-electron chi connectivity index (χ4n) is 10.1. The second kappa shape index (κ2) is 12.2. The zero-order valence-corrected chi connectivity index (χ0v) is 33.3. The summed E-state index contributed by atoms with van der Waals surface area (Å²) >= 11 is 1.87. The fourth-order valence-corrected chi connectivity index (χ4v) is 11.3. The first-order valence-corrected chi connectivity index (χ1v) is 21.3. The Balaban J connectivity index is 1.32. The average Bonchev–Trinajstić information content (AvgIpc) is 3.85. The Hall–Kier alpha value is -7.14. The number of nitrogens with zero attached hydrogens (tertiary/aromatic N) is 3. The molecule has 3 nitrogen and oxygen atoms in total. The quantitative estimate of drug-likeness (QED) is 0.168. The van der Waals surface area contributed by atoms with Gasteiger partial charge in [0, 0.05) is 48.0 Å². The van der Waals surface area contributed by atoms with Crippen LogP contribution < -0.4 is 0 Å². The molecule has 0 N–H and O–H groups in total. The molecule has 10 aromatic carbocycles. The van der Waals surface area contributed by atoms with Crippen LogP contribution >= 0.6 is 11.3 Å². The first-order chi connectivity index (χ1) is 29.1. The van der Waals surface area contributed by atoms with Crippen molar-refractivity contribution in [3.05, 3.63) is 175 Å². The van der Waals surface area contributed by atoms with Gasteiger partial charge in [-0.25, -0.2) is 9.97 Å². The Morgan fingerprint density at radius 1 is 0.424 bits per heavy atom. The minimum absolute atomic E-state index is 0.429. The molecule has 3 aromatic heterocycles. The summed E-state index contributed by atoms with van der Waals surface area (Å²) < 4.78 is 4.96. The second-order valence-corrected chi connectivity index (χ2v) is 17.3. The number of hydrogen-bond donors (Lipinski definition) is 0. The number of benzene rings is 10. The molecule has 0 saturated carbocycles. The van der Waals surface area contributed by atoms with Gasteiger partial charge in [0.1, 0.15) is 0 Å². The molecule has 0 aliphatic heterocycles. The Morgan fingerprint density at radius 3 is 1.71 bits per heavy atom. The summed E-state index contributed by atoms with van der Waals surface area (Å²) in [6, 6.07) is 62.4. The van der Waals surface area contributed by atoms with Gasteiger partial charge in [0.25, 0.3) is 0 Å². The third kappa shape index (κ3) is 4.52. The fraction of sp³-hybridized carbons (Fsp3) is 0.0545. The lowest BCUT2D eigenvalue weighted by molar-refractivity contribution is 0.867. The molecule has 0 saturated heterocycles. The standard InChI is InChI=1S/C55H35N3S/c1-31(2)32-23-25-34(26-24-32)51-49-35-14-4-3-13-33(35)27-30-45(49)56-55(57-51)58-52-44(29-28-43-38-17-11-12-22-46(38)59-54(43)52)48-42-21-10-9-20-41(42)47-39-18-7-5-15-36(39)37-16-6-8-19-40(37)50(47)53(48)58/h3-31H,1-2H3. The summed E-state index contributed by atoms with van der Waals surface area (Å²) in [5, 5.41) is 18.3. The molecule has 13 aromatic rings. The van der Waals surface area contributed by atoms with E-state index in [1.54, 1.807) is 0 Å². The van der Waals surface area contributed by atoms with Crippen molar-refractivity contribution in [2.24, 2.45) is 0 Å². The van der Waals surface area contributed by atoms with Gasteiger partial charge in [-0.2, -0.15) is 0 Å². The van der Waals surface area contributed by atoms with Crippen LogP contribution in [0.25, 0.3) is 124 Å². The molecular formula is C55H35N3S. The van der Waals surface area contributed by atoms with E-state index >= 15 is 0 Å². The molecule has 13 rings (SSSR count). The van der Waals surface area contributed by atoms with E-state index in [0.717, 1.165) is 38.6 Å². The molecule has 0 bridgehead atoms. The highest BCUT2D eigenvalue weighted by atomic mass is 32.1. The van der Waals surface area contributed by atoms with Crippen molar-refractivity contribution >= 4 is 118 Å². The average molecular weight is 770 g/mol. The van der Waals surface area contributed by atoms with Crippen LogP contribution in [0.3, 0.4) is 0 Å². The lowest BCUT2D eigenvalue weighted by atomic mass is 9.89. The van der Waals surface area contributed by atoms with Crippen LogP contribution in [0.5, 0.6) is 0 Å². The predicted octanol–water partition coefficient (Wildman–Crippen LogP) is 15.7. The number of fused-ring (bicyclic) bond motifs is 20. The Morgan fingerprint density at radius 2 is 1.00 bits per heavy atom. The minimum atomic E-state index is 0.429. The summed E-state index contributed by atoms with van der Waals surface area (Å²) in [5.74, 6) is 1.10. The third-order valence-electron chi connectivity index (χ3n) is 12.7. The molecule has 276 valence electrons. The van der Waals surface area contributed by atoms with E-state index < -0.39 is 0 Å². The molecule has 59 heavy (non-hydrogen) atoms. The van der Waals surface area contributed by atoms with Gasteiger partial charge in [-0.3, -0.25) is 4.57 Å². The van der Waals surface area contributed by atoms with Crippen LogP contribution in [0.1, 0.15) is 25.3 Å². The molecule has 0 aliphatic carbocycles. The topological polar surface area (TPSA) is 30.7 Å². The molecule has 0 amide bonds. The minimum Gasteiger partial charge on any atom is -0.276 e. The molecule has 0 aliphatic rings. The van der Waals surface area contributed by atoms with E-state index in [9.17, 15) is 0 Å². The molecule has 0 radical (unpaired) electrons.